The van der Waals surface area contributed by atoms with Crippen LogP contribution in [0.2, 0.25) is 0 Å². The van der Waals surface area contributed by atoms with E-state index in [4.69, 9.17) is 4.74 Å². The molecule has 0 aliphatic carbocycles. The standard InChI is InChI=1S/C20H24FNO3/c1-13(15-6-10-18(25-3)11-7-15)12-19(23)22-14(2)20(24)16-4-8-17(21)9-5-16/h4-11,13-14,20,24H,12H2,1-3H3,(H,22,23). The minimum atomic E-state index is -0.888. The Morgan fingerprint density at radius 1 is 1.08 bits per heavy atom. The summed E-state index contributed by atoms with van der Waals surface area (Å²) >= 11 is 0. The summed E-state index contributed by atoms with van der Waals surface area (Å²) < 4.78 is 18.1. The van der Waals surface area contributed by atoms with Crippen LogP contribution in [-0.4, -0.2) is 24.2 Å². The second-order valence-corrected chi connectivity index (χ2v) is 6.23. The van der Waals surface area contributed by atoms with Crippen molar-refractivity contribution in [3.05, 3.63) is 65.5 Å². The molecular weight excluding hydrogens is 321 g/mol. The number of hydrogen-bond donors (Lipinski definition) is 2. The van der Waals surface area contributed by atoms with Gasteiger partial charge in [0.05, 0.1) is 19.3 Å². The van der Waals surface area contributed by atoms with E-state index in [1.165, 1.54) is 24.3 Å². The van der Waals surface area contributed by atoms with Crippen LogP contribution in [0, 0.1) is 5.82 Å². The SMILES string of the molecule is COc1ccc(C(C)CC(=O)NC(C)C(O)c2ccc(F)cc2)cc1. The van der Waals surface area contributed by atoms with Crippen LogP contribution in [0.4, 0.5) is 4.39 Å². The molecule has 25 heavy (non-hydrogen) atoms. The zero-order valence-corrected chi connectivity index (χ0v) is 14.7. The first-order valence-electron chi connectivity index (χ1n) is 8.27. The van der Waals surface area contributed by atoms with Crippen LogP contribution in [0.5, 0.6) is 5.75 Å². The highest BCUT2D eigenvalue weighted by Gasteiger charge is 2.20. The molecule has 0 aromatic heterocycles. The van der Waals surface area contributed by atoms with E-state index in [9.17, 15) is 14.3 Å². The third-order valence-corrected chi connectivity index (χ3v) is 4.25. The fraction of sp³-hybridized carbons (Fsp3) is 0.350. The molecule has 0 fully saturated rings. The Labute approximate surface area is 147 Å². The fourth-order valence-corrected chi connectivity index (χ4v) is 2.67. The molecule has 0 saturated heterocycles. The van der Waals surface area contributed by atoms with E-state index in [-0.39, 0.29) is 17.6 Å². The maximum Gasteiger partial charge on any atom is 0.220 e. The van der Waals surface area contributed by atoms with Crippen LogP contribution in [0.15, 0.2) is 48.5 Å². The zero-order valence-electron chi connectivity index (χ0n) is 14.7. The lowest BCUT2D eigenvalue weighted by atomic mass is 9.97. The van der Waals surface area contributed by atoms with E-state index < -0.39 is 12.1 Å². The van der Waals surface area contributed by atoms with E-state index in [1.807, 2.05) is 31.2 Å². The van der Waals surface area contributed by atoms with Crippen molar-refractivity contribution >= 4 is 5.91 Å². The average Bonchev–Trinajstić information content (AvgIpc) is 2.61. The summed E-state index contributed by atoms with van der Waals surface area (Å²) in [7, 11) is 1.61. The van der Waals surface area contributed by atoms with Crippen molar-refractivity contribution in [2.75, 3.05) is 7.11 Å². The van der Waals surface area contributed by atoms with E-state index in [1.54, 1.807) is 14.0 Å². The van der Waals surface area contributed by atoms with Gasteiger partial charge >= 0.3 is 0 Å². The number of rotatable bonds is 7. The van der Waals surface area contributed by atoms with Crippen molar-refractivity contribution in [2.24, 2.45) is 0 Å². The third kappa shape index (κ3) is 5.29. The molecule has 134 valence electrons. The number of aliphatic hydroxyl groups is 1. The monoisotopic (exact) mass is 345 g/mol. The van der Waals surface area contributed by atoms with Gasteiger partial charge in [0.2, 0.25) is 5.91 Å². The number of amides is 1. The minimum absolute atomic E-state index is 0.0427. The Kier molecular flexibility index (Phi) is 6.53. The molecule has 2 N–H and O–H groups in total. The van der Waals surface area contributed by atoms with Gasteiger partial charge in [0.1, 0.15) is 11.6 Å². The van der Waals surface area contributed by atoms with Crippen molar-refractivity contribution in [3.63, 3.8) is 0 Å². The predicted molar refractivity (Wildman–Crippen MR) is 95.0 cm³/mol. The maximum absolute atomic E-state index is 13.0. The summed E-state index contributed by atoms with van der Waals surface area (Å²) in [5, 5.41) is 13.1. The molecule has 5 heteroatoms. The number of methoxy groups -OCH3 is 1. The lowest BCUT2D eigenvalue weighted by Crippen LogP contribution is -2.37. The first-order valence-corrected chi connectivity index (χ1v) is 8.27. The smallest absolute Gasteiger partial charge is 0.220 e. The molecule has 2 aromatic carbocycles. The van der Waals surface area contributed by atoms with Gasteiger partial charge in [0, 0.05) is 6.42 Å². The molecule has 1 amide bonds. The summed E-state index contributed by atoms with van der Waals surface area (Å²) in [6, 6.07) is 12.8. The van der Waals surface area contributed by atoms with Crippen LogP contribution in [0.3, 0.4) is 0 Å². The average molecular weight is 345 g/mol. The second kappa shape index (κ2) is 8.62. The number of carbonyl (C=O) groups excluding carboxylic acids is 1. The van der Waals surface area contributed by atoms with Crippen LogP contribution >= 0.6 is 0 Å². The normalized spacial score (nSPS) is 14.4. The molecule has 0 bridgehead atoms. The van der Waals surface area contributed by atoms with Crippen LogP contribution in [0.25, 0.3) is 0 Å². The highest BCUT2D eigenvalue weighted by atomic mass is 19.1. The van der Waals surface area contributed by atoms with E-state index in [2.05, 4.69) is 5.32 Å². The van der Waals surface area contributed by atoms with Crippen LogP contribution in [0.1, 0.15) is 43.4 Å². The molecule has 0 radical (unpaired) electrons. The summed E-state index contributed by atoms with van der Waals surface area (Å²) in [5.41, 5.74) is 1.61. The third-order valence-electron chi connectivity index (χ3n) is 4.25. The van der Waals surface area contributed by atoms with Gasteiger partial charge in [0.15, 0.2) is 0 Å². The summed E-state index contributed by atoms with van der Waals surface area (Å²) in [4.78, 5) is 12.2. The van der Waals surface area contributed by atoms with Crippen LogP contribution in [-0.2, 0) is 4.79 Å². The summed E-state index contributed by atoms with van der Waals surface area (Å²) in [6.45, 7) is 3.70. The molecule has 0 aliphatic heterocycles. The van der Waals surface area contributed by atoms with E-state index in [0.29, 0.717) is 12.0 Å². The van der Waals surface area contributed by atoms with Gasteiger partial charge < -0.3 is 15.2 Å². The predicted octanol–water partition coefficient (Wildman–Crippen LogP) is 3.57. The fourth-order valence-electron chi connectivity index (χ4n) is 2.67. The topological polar surface area (TPSA) is 58.6 Å². The highest BCUT2D eigenvalue weighted by molar-refractivity contribution is 5.77. The van der Waals surface area contributed by atoms with E-state index in [0.717, 1.165) is 11.3 Å². The Hall–Kier alpha value is -2.40. The van der Waals surface area contributed by atoms with Gasteiger partial charge in [-0.05, 0) is 48.2 Å². The second-order valence-electron chi connectivity index (χ2n) is 6.23. The highest BCUT2D eigenvalue weighted by Crippen LogP contribution is 2.22. The van der Waals surface area contributed by atoms with Gasteiger partial charge in [0.25, 0.3) is 0 Å². The summed E-state index contributed by atoms with van der Waals surface area (Å²) in [5.74, 6) is 0.315. The number of carbonyl (C=O) groups is 1. The molecule has 3 unspecified atom stereocenters. The first kappa shape index (κ1) is 18.9. The number of halogens is 1. The molecule has 0 spiro atoms. The first-order chi connectivity index (χ1) is 11.9. The van der Waals surface area contributed by atoms with Crippen molar-refractivity contribution in [1.29, 1.82) is 0 Å². The number of nitrogens with one attached hydrogen (secondary N) is 1. The van der Waals surface area contributed by atoms with Gasteiger partial charge in [-0.3, -0.25) is 4.79 Å². The zero-order chi connectivity index (χ0) is 18.4. The number of ether oxygens (including phenoxy) is 1. The largest absolute Gasteiger partial charge is 0.497 e. The Morgan fingerprint density at radius 3 is 2.20 bits per heavy atom. The van der Waals surface area contributed by atoms with Crippen molar-refractivity contribution in [1.82, 2.24) is 5.32 Å². The van der Waals surface area contributed by atoms with Gasteiger partial charge in [-0.15, -0.1) is 0 Å². The lowest BCUT2D eigenvalue weighted by molar-refractivity contribution is -0.122. The number of aliphatic hydroxyl groups excluding tert-OH is 1. The minimum Gasteiger partial charge on any atom is -0.497 e. The van der Waals surface area contributed by atoms with Crippen molar-refractivity contribution in [3.8, 4) is 5.75 Å². The molecule has 4 nitrogen and oxygen atoms in total. The number of hydrogen-bond acceptors (Lipinski definition) is 3. The van der Waals surface area contributed by atoms with Gasteiger partial charge in [-0.2, -0.15) is 0 Å². The molecule has 3 atom stereocenters. The van der Waals surface area contributed by atoms with Crippen LogP contribution < -0.4 is 10.1 Å². The van der Waals surface area contributed by atoms with Gasteiger partial charge in [-0.25, -0.2) is 4.39 Å². The Morgan fingerprint density at radius 2 is 1.64 bits per heavy atom. The Bertz CT molecular complexity index is 685. The van der Waals surface area contributed by atoms with Crippen molar-refractivity contribution < 1.29 is 19.0 Å². The molecule has 0 heterocycles. The molecule has 0 aliphatic rings. The van der Waals surface area contributed by atoms with Crippen molar-refractivity contribution in [2.45, 2.75) is 38.3 Å². The quantitative estimate of drug-likeness (QED) is 0.807. The Balaban J connectivity index is 1.90. The molecule has 0 saturated carbocycles. The maximum atomic E-state index is 13.0. The molecular formula is C20H24FNO3. The van der Waals surface area contributed by atoms with E-state index >= 15 is 0 Å². The lowest BCUT2D eigenvalue weighted by Gasteiger charge is -2.22. The molecule has 2 aromatic rings. The van der Waals surface area contributed by atoms with Gasteiger partial charge in [-0.1, -0.05) is 31.2 Å². The number of benzene rings is 2. The summed E-state index contributed by atoms with van der Waals surface area (Å²) in [6.07, 6.45) is -0.576. The molecule has 2 rings (SSSR count).